The zero-order chi connectivity index (χ0) is 23.4. The van der Waals surface area contributed by atoms with E-state index in [1.807, 2.05) is 0 Å². The summed E-state index contributed by atoms with van der Waals surface area (Å²) in [5.74, 6) is 4.13. The Kier molecular flexibility index (Phi) is 5.51. The van der Waals surface area contributed by atoms with Gasteiger partial charge >= 0.3 is 0 Å². The van der Waals surface area contributed by atoms with Gasteiger partial charge in [-0.3, -0.25) is 0 Å². The first-order valence-corrected chi connectivity index (χ1v) is 13.4. The Bertz CT molecular complexity index is 1080. The molecule has 0 heterocycles. The van der Waals surface area contributed by atoms with Crippen LogP contribution in [0.4, 0.5) is 0 Å². The summed E-state index contributed by atoms with van der Waals surface area (Å²) in [5, 5.41) is 0. The van der Waals surface area contributed by atoms with E-state index in [0.29, 0.717) is 35.5 Å². The van der Waals surface area contributed by atoms with E-state index < -0.39 is 0 Å². The van der Waals surface area contributed by atoms with Gasteiger partial charge in [0.25, 0.3) is 0 Å². The summed E-state index contributed by atoms with van der Waals surface area (Å²) in [6.45, 7) is 9.14. The van der Waals surface area contributed by atoms with Crippen molar-refractivity contribution in [3.8, 4) is 11.1 Å². The van der Waals surface area contributed by atoms with Crippen LogP contribution in [-0.4, -0.2) is 0 Å². The van der Waals surface area contributed by atoms with Crippen molar-refractivity contribution in [1.29, 1.82) is 0 Å². The van der Waals surface area contributed by atoms with E-state index in [1.165, 1.54) is 59.1 Å². The molecular weight excluding hydrogens is 408 g/mol. The van der Waals surface area contributed by atoms with Gasteiger partial charge in [0.2, 0.25) is 0 Å². The highest BCUT2D eigenvalue weighted by molar-refractivity contribution is 5.72. The smallest absolute Gasteiger partial charge is 0.0144 e. The van der Waals surface area contributed by atoms with Gasteiger partial charge in [-0.1, -0.05) is 95.1 Å². The number of allylic oxidation sites excluding steroid dienone is 8. The minimum atomic E-state index is 0.646. The Labute approximate surface area is 206 Å². The molecular formula is C34H38. The highest BCUT2D eigenvalue weighted by Crippen LogP contribution is 2.52. The van der Waals surface area contributed by atoms with Crippen LogP contribution in [0.15, 0.2) is 95.1 Å². The van der Waals surface area contributed by atoms with Crippen LogP contribution < -0.4 is 0 Å². The lowest BCUT2D eigenvalue weighted by Crippen LogP contribution is -2.08. The van der Waals surface area contributed by atoms with E-state index in [1.54, 1.807) is 11.1 Å². The van der Waals surface area contributed by atoms with Gasteiger partial charge in [0, 0.05) is 0 Å². The maximum atomic E-state index is 2.56. The SMILES string of the molecule is CC1=CC2CC(c3ccccc3-c3ccccc3C3CC4C=C(C)C(C)=CC4C3)CC2C=C1C. The fraction of sp³-hybridized carbons (Fsp3) is 0.412. The Morgan fingerprint density at radius 2 is 0.735 bits per heavy atom. The third-order valence-corrected chi connectivity index (χ3v) is 9.52. The molecule has 2 saturated carbocycles. The van der Waals surface area contributed by atoms with Crippen molar-refractivity contribution in [2.45, 2.75) is 65.2 Å². The van der Waals surface area contributed by atoms with Crippen LogP contribution >= 0.6 is 0 Å². The Balaban J connectivity index is 1.34. The summed E-state index contributed by atoms with van der Waals surface area (Å²) in [7, 11) is 0. The molecule has 0 aliphatic heterocycles. The molecule has 174 valence electrons. The lowest BCUT2D eigenvalue weighted by Gasteiger charge is -2.21. The van der Waals surface area contributed by atoms with Crippen molar-refractivity contribution in [1.82, 2.24) is 0 Å². The molecule has 0 amide bonds. The zero-order valence-corrected chi connectivity index (χ0v) is 21.2. The quantitative estimate of drug-likeness (QED) is 0.440. The van der Waals surface area contributed by atoms with Gasteiger partial charge in [-0.25, -0.2) is 0 Å². The van der Waals surface area contributed by atoms with Crippen LogP contribution in [0.25, 0.3) is 11.1 Å². The first-order chi connectivity index (χ1) is 16.5. The molecule has 0 spiro atoms. The van der Waals surface area contributed by atoms with Gasteiger partial charge in [0.1, 0.15) is 0 Å². The average molecular weight is 447 g/mol. The molecule has 2 aromatic carbocycles. The first kappa shape index (κ1) is 21.9. The summed E-state index contributed by atoms with van der Waals surface area (Å²) < 4.78 is 0. The molecule has 4 aliphatic carbocycles. The highest BCUT2D eigenvalue weighted by Gasteiger charge is 2.37. The van der Waals surface area contributed by atoms with E-state index in [4.69, 9.17) is 0 Å². The topological polar surface area (TPSA) is 0 Å². The maximum Gasteiger partial charge on any atom is -0.0144 e. The van der Waals surface area contributed by atoms with Crippen LogP contribution in [0.3, 0.4) is 0 Å². The second-order valence-corrected chi connectivity index (χ2v) is 11.6. The van der Waals surface area contributed by atoms with Crippen molar-refractivity contribution < 1.29 is 0 Å². The lowest BCUT2D eigenvalue weighted by molar-refractivity contribution is 0.544. The van der Waals surface area contributed by atoms with Gasteiger partial charge in [0.05, 0.1) is 0 Å². The maximum absolute atomic E-state index is 2.56. The van der Waals surface area contributed by atoms with E-state index in [9.17, 15) is 0 Å². The molecule has 6 rings (SSSR count). The molecule has 4 unspecified atom stereocenters. The molecule has 0 bridgehead atoms. The first-order valence-electron chi connectivity index (χ1n) is 13.4. The van der Waals surface area contributed by atoms with Crippen molar-refractivity contribution in [3.05, 3.63) is 106 Å². The summed E-state index contributed by atoms with van der Waals surface area (Å²) in [5.41, 5.74) is 12.0. The molecule has 0 radical (unpaired) electrons. The third kappa shape index (κ3) is 3.76. The van der Waals surface area contributed by atoms with Crippen molar-refractivity contribution >= 4 is 0 Å². The highest BCUT2D eigenvalue weighted by atomic mass is 14.4. The van der Waals surface area contributed by atoms with E-state index in [2.05, 4.69) is 101 Å². The lowest BCUT2D eigenvalue weighted by atomic mass is 9.83. The van der Waals surface area contributed by atoms with Gasteiger partial charge in [0.15, 0.2) is 0 Å². The second-order valence-electron chi connectivity index (χ2n) is 11.6. The average Bonchev–Trinajstić information content (AvgIpc) is 3.43. The molecule has 2 fully saturated rings. The van der Waals surface area contributed by atoms with Crippen LogP contribution in [0.1, 0.15) is 76.3 Å². The summed E-state index contributed by atoms with van der Waals surface area (Å²) in [4.78, 5) is 0. The molecule has 0 heteroatoms. The van der Waals surface area contributed by atoms with Crippen molar-refractivity contribution in [2.75, 3.05) is 0 Å². The summed E-state index contributed by atoms with van der Waals surface area (Å²) >= 11 is 0. The summed E-state index contributed by atoms with van der Waals surface area (Å²) in [6.07, 6.45) is 15.4. The fourth-order valence-electron chi connectivity index (χ4n) is 7.49. The number of fused-ring (bicyclic) bond motifs is 2. The molecule has 0 aromatic heterocycles. The van der Waals surface area contributed by atoms with Crippen LogP contribution in [0.2, 0.25) is 0 Å². The number of rotatable bonds is 3. The zero-order valence-electron chi connectivity index (χ0n) is 21.2. The second kappa shape index (κ2) is 8.56. The van der Waals surface area contributed by atoms with Crippen molar-refractivity contribution in [2.24, 2.45) is 23.7 Å². The molecule has 4 aliphatic rings. The van der Waals surface area contributed by atoms with Crippen molar-refractivity contribution in [3.63, 3.8) is 0 Å². The van der Waals surface area contributed by atoms with Crippen LogP contribution in [-0.2, 0) is 0 Å². The van der Waals surface area contributed by atoms with Gasteiger partial charge in [-0.05, 0) is 111 Å². The fourth-order valence-corrected chi connectivity index (χ4v) is 7.49. The van der Waals surface area contributed by atoms with Gasteiger partial charge in [-0.15, -0.1) is 0 Å². The standard InChI is InChI=1S/C34H38/c1-21-13-25-17-29(18-26(25)14-22(21)2)31-9-5-7-11-33(31)34-12-8-6-10-32(34)30-19-27-15-23(3)24(4)16-28(27)20-30/h5-16,25-30H,17-20H2,1-4H3. The molecule has 4 atom stereocenters. The predicted octanol–water partition coefficient (Wildman–Crippen LogP) is 9.39. The molecule has 0 saturated heterocycles. The molecule has 34 heavy (non-hydrogen) atoms. The monoisotopic (exact) mass is 446 g/mol. The molecule has 0 nitrogen and oxygen atoms in total. The largest absolute Gasteiger partial charge is 0.0776 e. The molecule has 0 N–H and O–H groups in total. The van der Waals surface area contributed by atoms with E-state index in [0.717, 1.165) is 0 Å². The number of hydrogen-bond acceptors (Lipinski definition) is 0. The van der Waals surface area contributed by atoms with Gasteiger partial charge < -0.3 is 0 Å². The van der Waals surface area contributed by atoms with E-state index in [-0.39, 0.29) is 0 Å². The third-order valence-electron chi connectivity index (χ3n) is 9.52. The minimum absolute atomic E-state index is 0.646. The normalized spacial score (nSPS) is 32.4. The number of hydrogen-bond donors (Lipinski definition) is 0. The molecule has 2 aromatic rings. The van der Waals surface area contributed by atoms with Crippen LogP contribution in [0.5, 0.6) is 0 Å². The summed E-state index contributed by atoms with van der Waals surface area (Å²) in [6, 6.07) is 18.7. The predicted molar refractivity (Wildman–Crippen MR) is 145 cm³/mol. The number of benzene rings is 2. The Hall–Kier alpha value is -2.60. The minimum Gasteiger partial charge on any atom is -0.0776 e. The van der Waals surface area contributed by atoms with Gasteiger partial charge in [-0.2, -0.15) is 0 Å². The Morgan fingerprint density at radius 3 is 1.06 bits per heavy atom. The Morgan fingerprint density at radius 1 is 0.441 bits per heavy atom. The van der Waals surface area contributed by atoms with E-state index >= 15 is 0 Å². The van der Waals surface area contributed by atoms with Crippen LogP contribution in [0, 0.1) is 23.7 Å².